The molecule has 32 heavy (non-hydrogen) atoms. The first-order valence-electron chi connectivity index (χ1n) is 11.9. The summed E-state index contributed by atoms with van der Waals surface area (Å²) in [4.78, 5) is 15.1. The molecule has 6 heteroatoms. The summed E-state index contributed by atoms with van der Waals surface area (Å²) in [6, 6.07) is 17.0. The molecular weight excluding hydrogens is 403 g/mol. The van der Waals surface area contributed by atoms with Gasteiger partial charge in [0, 0.05) is 32.2 Å². The molecule has 0 saturated carbocycles. The number of halogens is 1. The van der Waals surface area contributed by atoms with Gasteiger partial charge in [0.25, 0.3) is 0 Å². The van der Waals surface area contributed by atoms with Crippen LogP contribution >= 0.6 is 0 Å². The smallest absolute Gasteiger partial charge is 0.315 e. The van der Waals surface area contributed by atoms with E-state index in [4.69, 9.17) is 0 Å². The van der Waals surface area contributed by atoms with E-state index in [2.05, 4.69) is 20.9 Å². The van der Waals surface area contributed by atoms with E-state index in [9.17, 15) is 9.18 Å². The molecule has 0 bridgehead atoms. The minimum absolute atomic E-state index is 0.0969. The van der Waals surface area contributed by atoms with E-state index in [0.717, 1.165) is 51.1 Å². The maximum atomic E-state index is 13.2. The number of carbonyl (C=O) groups is 1. The van der Waals surface area contributed by atoms with E-state index in [1.807, 2.05) is 42.5 Å². The molecule has 2 aliphatic rings. The van der Waals surface area contributed by atoms with Crippen molar-refractivity contribution in [2.24, 2.45) is 11.8 Å². The fourth-order valence-electron chi connectivity index (χ4n) is 5.07. The molecule has 3 N–H and O–H groups in total. The number of nitrogens with one attached hydrogen (secondary N) is 3. The summed E-state index contributed by atoms with van der Waals surface area (Å²) in [5.41, 5.74) is 2.32. The number of hydrogen-bond acceptors (Lipinski definition) is 3. The van der Waals surface area contributed by atoms with Gasteiger partial charge in [0.1, 0.15) is 5.82 Å². The minimum Gasteiger partial charge on any atom is -0.334 e. The van der Waals surface area contributed by atoms with E-state index in [0.29, 0.717) is 18.4 Å². The largest absolute Gasteiger partial charge is 0.334 e. The van der Waals surface area contributed by atoms with Crippen molar-refractivity contribution in [1.29, 1.82) is 0 Å². The molecule has 0 aromatic heterocycles. The molecule has 2 fully saturated rings. The fourth-order valence-corrected chi connectivity index (χ4v) is 5.07. The SMILES string of the molecule is O=C(NCc1ccccc1)N[C@H]1CNCC[C@H]1CN1CCCC(Cc2ccc(F)cc2)C1. The molecule has 0 aliphatic carbocycles. The van der Waals surface area contributed by atoms with Crippen LogP contribution in [0.5, 0.6) is 0 Å². The van der Waals surface area contributed by atoms with Gasteiger partial charge < -0.3 is 20.9 Å². The van der Waals surface area contributed by atoms with Gasteiger partial charge in [-0.05, 0) is 73.9 Å². The summed E-state index contributed by atoms with van der Waals surface area (Å²) in [6.07, 6.45) is 4.51. The number of benzene rings is 2. The normalized spacial score (nSPS) is 24.1. The molecule has 0 spiro atoms. The van der Waals surface area contributed by atoms with Gasteiger partial charge in [-0.25, -0.2) is 9.18 Å². The molecule has 2 aromatic carbocycles. The highest BCUT2D eigenvalue weighted by atomic mass is 19.1. The molecule has 2 saturated heterocycles. The van der Waals surface area contributed by atoms with E-state index < -0.39 is 0 Å². The van der Waals surface area contributed by atoms with Gasteiger partial charge in [0.05, 0.1) is 0 Å². The number of hydrogen-bond donors (Lipinski definition) is 3. The number of carbonyl (C=O) groups excluding carboxylic acids is 1. The van der Waals surface area contributed by atoms with Crippen molar-refractivity contribution in [2.75, 3.05) is 32.7 Å². The van der Waals surface area contributed by atoms with Crippen molar-refractivity contribution in [1.82, 2.24) is 20.9 Å². The van der Waals surface area contributed by atoms with Gasteiger partial charge in [0.2, 0.25) is 0 Å². The highest BCUT2D eigenvalue weighted by Crippen LogP contribution is 2.24. The predicted octanol–water partition coefficient (Wildman–Crippen LogP) is 3.56. The lowest BCUT2D eigenvalue weighted by atomic mass is 9.88. The second kappa shape index (κ2) is 11.4. The number of piperidine rings is 2. The van der Waals surface area contributed by atoms with E-state index >= 15 is 0 Å². The van der Waals surface area contributed by atoms with Gasteiger partial charge in [-0.1, -0.05) is 42.5 Å². The van der Waals surface area contributed by atoms with Crippen molar-refractivity contribution >= 4 is 6.03 Å². The van der Waals surface area contributed by atoms with Gasteiger partial charge in [-0.2, -0.15) is 0 Å². The third-order valence-electron chi connectivity index (χ3n) is 6.77. The van der Waals surface area contributed by atoms with Crippen LogP contribution in [0.3, 0.4) is 0 Å². The molecule has 3 atom stereocenters. The number of likely N-dealkylation sites (tertiary alicyclic amines) is 1. The molecule has 4 rings (SSSR count). The van der Waals surface area contributed by atoms with Crippen molar-refractivity contribution in [3.63, 3.8) is 0 Å². The van der Waals surface area contributed by atoms with Gasteiger partial charge in [-0.15, -0.1) is 0 Å². The summed E-state index contributed by atoms with van der Waals surface area (Å²) in [7, 11) is 0. The molecule has 2 aliphatic heterocycles. The number of nitrogens with zero attached hydrogens (tertiary/aromatic N) is 1. The average Bonchev–Trinajstić information content (AvgIpc) is 2.81. The monoisotopic (exact) mass is 438 g/mol. The third kappa shape index (κ3) is 6.78. The van der Waals surface area contributed by atoms with Gasteiger partial charge in [0.15, 0.2) is 0 Å². The van der Waals surface area contributed by atoms with Crippen molar-refractivity contribution in [2.45, 2.75) is 38.3 Å². The molecule has 2 heterocycles. The first kappa shape index (κ1) is 22.7. The maximum Gasteiger partial charge on any atom is 0.315 e. The highest BCUT2D eigenvalue weighted by molar-refractivity contribution is 5.74. The Bertz CT molecular complexity index is 845. The van der Waals surface area contributed by atoms with Crippen LogP contribution in [-0.2, 0) is 13.0 Å². The van der Waals surface area contributed by atoms with Crippen LogP contribution in [-0.4, -0.2) is 49.7 Å². The molecule has 5 nitrogen and oxygen atoms in total. The zero-order chi connectivity index (χ0) is 22.2. The van der Waals surface area contributed by atoms with Crippen LogP contribution in [0.2, 0.25) is 0 Å². The van der Waals surface area contributed by atoms with Crippen LogP contribution in [0.4, 0.5) is 9.18 Å². The molecule has 2 aromatic rings. The van der Waals surface area contributed by atoms with E-state index in [1.54, 1.807) is 12.1 Å². The summed E-state index contributed by atoms with van der Waals surface area (Å²) in [5.74, 6) is 0.885. The molecule has 2 amide bonds. The maximum absolute atomic E-state index is 13.2. The Labute approximate surface area is 190 Å². The Kier molecular flexibility index (Phi) is 8.13. The first-order valence-corrected chi connectivity index (χ1v) is 11.9. The molecule has 1 unspecified atom stereocenters. The Morgan fingerprint density at radius 2 is 1.88 bits per heavy atom. The zero-order valence-electron chi connectivity index (χ0n) is 18.7. The summed E-state index contributed by atoms with van der Waals surface area (Å²) < 4.78 is 13.2. The van der Waals surface area contributed by atoms with Crippen LogP contribution in [0.25, 0.3) is 0 Å². The molecule has 0 radical (unpaired) electrons. The lowest BCUT2D eigenvalue weighted by molar-refractivity contribution is 0.126. The second-order valence-electron chi connectivity index (χ2n) is 9.27. The number of amides is 2. The summed E-state index contributed by atoms with van der Waals surface area (Å²) in [6.45, 7) is 5.57. The summed E-state index contributed by atoms with van der Waals surface area (Å²) in [5, 5.41) is 9.64. The van der Waals surface area contributed by atoms with Crippen molar-refractivity contribution in [3.05, 3.63) is 71.5 Å². The first-order chi connectivity index (χ1) is 15.7. The number of rotatable bonds is 7. The van der Waals surface area contributed by atoms with Crippen molar-refractivity contribution < 1.29 is 9.18 Å². The minimum atomic E-state index is -0.170. The second-order valence-corrected chi connectivity index (χ2v) is 9.27. The molecular formula is C26H35FN4O. The van der Waals surface area contributed by atoms with Crippen LogP contribution in [0.15, 0.2) is 54.6 Å². The van der Waals surface area contributed by atoms with Crippen LogP contribution in [0, 0.1) is 17.7 Å². The van der Waals surface area contributed by atoms with Crippen molar-refractivity contribution in [3.8, 4) is 0 Å². The topological polar surface area (TPSA) is 56.4 Å². The van der Waals surface area contributed by atoms with Gasteiger partial charge in [-0.3, -0.25) is 0 Å². The van der Waals surface area contributed by atoms with Gasteiger partial charge >= 0.3 is 6.03 Å². The Morgan fingerprint density at radius 1 is 1.06 bits per heavy atom. The third-order valence-corrected chi connectivity index (χ3v) is 6.77. The van der Waals surface area contributed by atoms with E-state index in [-0.39, 0.29) is 17.9 Å². The Morgan fingerprint density at radius 3 is 2.69 bits per heavy atom. The quantitative estimate of drug-likeness (QED) is 0.620. The Hall–Kier alpha value is -2.44. The predicted molar refractivity (Wildman–Crippen MR) is 126 cm³/mol. The Balaban J connectivity index is 1.26. The zero-order valence-corrected chi connectivity index (χ0v) is 18.7. The highest BCUT2D eigenvalue weighted by Gasteiger charge is 2.30. The van der Waals surface area contributed by atoms with Crippen LogP contribution < -0.4 is 16.0 Å². The number of urea groups is 1. The average molecular weight is 439 g/mol. The lowest BCUT2D eigenvalue weighted by Crippen LogP contribution is -2.56. The molecule has 172 valence electrons. The van der Waals surface area contributed by atoms with E-state index in [1.165, 1.54) is 18.4 Å². The lowest BCUT2D eigenvalue weighted by Gasteiger charge is -2.39. The standard InChI is InChI=1S/C26H35FN4O/c27-24-10-8-20(9-11-24)15-22-7-4-14-31(18-22)19-23-12-13-28-17-25(23)30-26(32)29-16-21-5-2-1-3-6-21/h1-3,5-6,8-11,22-23,25,28H,4,7,12-19H2,(H2,29,30,32)/t22?,23-,25-/m0/s1. The van der Waals surface area contributed by atoms with Crippen LogP contribution in [0.1, 0.15) is 30.4 Å². The summed E-state index contributed by atoms with van der Waals surface area (Å²) >= 11 is 0. The fraction of sp³-hybridized carbons (Fsp3) is 0.500.